The van der Waals surface area contributed by atoms with E-state index in [1.807, 2.05) is 24.0 Å². The minimum Gasteiger partial charge on any atom is -0.497 e. The summed E-state index contributed by atoms with van der Waals surface area (Å²) >= 11 is 0. The second-order valence-electron chi connectivity index (χ2n) is 8.26. The molecule has 0 N–H and O–H groups in total. The van der Waals surface area contributed by atoms with Crippen LogP contribution in [0.4, 0.5) is 0 Å². The van der Waals surface area contributed by atoms with Crippen LogP contribution in [0.25, 0.3) is 0 Å². The normalized spacial score (nSPS) is 20.1. The molecular formula is C23H35N3O3. The third-order valence-corrected chi connectivity index (χ3v) is 6.16. The van der Waals surface area contributed by atoms with Crippen molar-refractivity contribution in [3.05, 3.63) is 29.8 Å². The summed E-state index contributed by atoms with van der Waals surface area (Å²) in [6.07, 6.45) is 4.83. The molecule has 0 bridgehead atoms. The molecule has 2 aliphatic heterocycles. The van der Waals surface area contributed by atoms with Gasteiger partial charge in [-0.05, 0) is 62.8 Å². The first-order valence-electron chi connectivity index (χ1n) is 11.0. The molecule has 3 rings (SSSR count). The van der Waals surface area contributed by atoms with E-state index in [-0.39, 0.29) is 18.4 Å². The van der Waals surface area contributed by atoms with E-state index in [1.165, 1.54) is 18.4 Å². The van der Waals surface area contributed by atoms with Crippen LogP contribution in [0.15, 0.2) is 24.3 Å². The Hall–Kier alpha value is -2.08. The molecule has 1 aromatic rings. The zero-order chi connectivity index (χ0) is 20.6. The molecule has 6 heteroatoms. The Kier molecular flexibility index (Phi) is 7.92. The molecule has 29 heavy (non-hydrogen) atoms. The maximum atomic E-state index is 12.7. The first kappa shape index (κ1) is 21.6. The maximum Gasteiger partial charge on any atom is 0.242 e. The van der Waals surface area contributed by atoms with Crippen molar-refractivity contribution in [1.29, 1.82) is 0 Å². The lowest BCUT2D eigenvalue weighted by molar-refractivity contribution is -0.138. The highest BCUT2D eigenvalue weighted by Crippen LogP contribution is 2.20. The fourth-order valence-corrected chi connectivity index (χ4v) is 4.47. The Labute approximate surface area is 174 Å². The summed E-state index contributed by atoms with van der Waals surface area (Å²) in [4.78, 5) is 30.7. The summed E-state index contributed by atoms with van der Waals surface area (Å²) in [5.41, 5.74) is 1.30. The van der Waals surface area contributed by atoms with Crippen molar-refractivity contribution in [2.75, 3.05) is 52.9 Å². The van der Waals surface area contributed by atoms with Gasteiger partial charge >= 0.3 is 0 Å². The molecule has 0 spiro atoms. The van der Waals surface area contributed by atoms with E-state index in [9.17, 15) is 9.59 Å². The number of nitrogens with zero attached hydrogens (tertiary/aromatic N) is 3. The number of piperidine rings is 1. The van der Waals surface area contributed by atoms with Crippen LogP contribution in [-0.4, -0.2) is 79.4 Å². The van der Waals surface area contributed by atoms with Crippen LogP contribution in [0, 0.1) is 5.92 Å². The predicted molar refractivity (Wildman–Crippen MR) is 114 cm³/mol. The maximum absolute atomic E-state index is 12.7. The van der Waals surface area contributed by atoms with Gasteiger partial charge in [0.25, 0.3) is 0 Å². The average Bonchev–Trinajstić information content (AvgIpc) is 3.15. The molecule has 160 valence electrons. The molecular weight excluding hydrogens is 366 g/mol. The van der Waals surface area contributed by atoms with Gasteiger partial charge in [0, 0.05) is 39.1 Å². The SMILES string of the molecule is CCN(CC1CCCN(CCc2cccc(OC)c2)C1)C(=O)CN1CCCC1=O. The molecule has 2 heterocycles. The van der Waals surface area contributed by atoms with Gasteiger partial charge in [-0.15, -0.1) is 0 Å². The fourth-order valence-electron chi connectivity index (χ4n) is 4.47. The molecule has 0 radical (unpaired) electrons. The lowest BCUT2D eigenvalue weighted by atomic mass is 9.96. The van der Waals surface area contributed by atoms with Crippen molar-refractivity contribution in [2.24, 2.45) is 5.92 Å². The quantitative estimate of drug-likeness (QED) is 0.638. The zero-order valence-electron chi connectivity index (χ0n) is 17.9. The van der Waals surface area contributed by atoms with E-state index in [1.54, 1.807) is 12.0 Å². The lowest BCUT2D eigenvalue weighted by Gasteiger charge is -2.36. The lowest BCUT2D eigenvalue weighted by Crippen LogP contribution is -2.46. The molecule has 2 aliphatic rings. The predicted octanol–water partition coefficient (Wildman–Crippen LogP) is 2.42. The number of ether oxygens (including phenoxy) is 1. The number of carbonyl (C=O) groups excluding carboxylic acids is 2. The molecule has 6 nitrogen and oxygen atoms in total. The van der Waals surface area contributed by atoms with E-state index in [0.717, 1.165) is 51.3 Å². The largest absolute Gasteiger partial charge is 0.497 e. The second-order valence-corrected chi connectivity index (χ2v) is 8.26. The topological polar surface area (TPSA) is 53.1 Å². The van der Waals surface area contributed by atoms with Crippen LogP contribution >= 0.6 is 0 Å². The van der Waals surface area contributed by atoms with Gasteiger partial charge in [0.15, 0.2) is 0 Å². The Morgan fingerprint density at radius 3 is 2.86 bits per heavy atom. The van der Waals surface area contributed by atoms with E-state index in [0.29, 0.717) is 18.9 Å². The Balaban J connectivity index is 1.47. The Morgan fingerprint density at radius 1 is 1.28 bits per heavy atom. The molecule has 1 unspecified atom stereocenters. The molecule has 1 aromatic carbocycles. The van der Waals surface area contributed by atoms with Crippen LogP contribution in [-0.2, 0) is 16.0 Å². The summed E-state index contributed by atoms with van der Waals surface area (Å²) in [7, 11) is 1.70. The summed E-state index contributed by atoms with van der Waals surface area (Å²) in [5, 5.41) is 0. The van der Waals surface area contributed by atoms with E-state index in [4.69, 9.17) is 4.74 Å². The van der Waals surface area contributed by atoms with Gasteiger partial charge in [-0.25, -0.2) is 0 Å². The average molecular weight is 402 g/mol. The highest BCUT2D eigenvalue weighted by atomic mass is 16.5. The molecule has 1 atom stereocenters. The van der Waals surface area contributed by atoms with Crippen molar-refractivity contribution < 1.29 is 14.3 Å². The summed E-state index contributed by atoms with van der Waals surface area (Å²) < 4.78 is 5.32. The number of methoxy groups -OCH3 is 1. The number of benzene rings is 1. The molecule has 0 aromatic heterocycles. The highest BCUT2D eigenvalue weighted by molar-refractivity contribution is 5.85. The van der Waals surface area contributed by atoms with Crippen molar-refractivity contribution in [1.82, 2.24) is 14.7 Å². The van der Waals surface area contributed by atoms with Crippen molar-refractivity contribution in [3.63, 3.8) is 0 Å². The Bertz CT molecular complexity index is 694. The van der Waals surface area contributed by atoms with Crippen LogP contribution in [0.3, 0.4) is 0 Å². The minimum atomic E-state index is 0.0938. The molecule has 0 saturated carbocycles. The number of likely N-dealkylation sites (tertiary alicyclic amines) is 2. The van der Waals surface area contributed by atoms with Gasteiger partial charge in [-0.1, -0.05) is 12.1 Å². The first-order valence-corrected chi connectivity index (χ1v) is 11.0. The Morgan fingerprint density at radius 2 is 2.14 bits per heavy atom. The number of hydrogen-bond donors (Lipinski definition) is 0. The van der Waals surface area contributed by atoms with Crippen molar-refractivity contribution in [3.8, 4) is 5.75 Å². The summed E-state index contributed by atoms with van der Waals surface area (Å²) in [5.74, 6) is 1.63. The number of hydrogen-bond acceptors (Lipinski definition) is 4. The summed E-state index contributed by atoms with van der Waals surface area (Å²) in [6, 6.07) is 8.29. The van der Waals surface area contributed by atoms with Gasteiger partial charge < -0.3 is 19.4 Å². The number of rotatable bonds is 9. The van der Waals surface area contributed by atoms with E-state index >= 15 is 0 Å². The zero-order valence-corrected chi connectivity index (χ0v) is 17.9. The monoisotopic (exact) mass is 401 g/mol. The molecule has 0 aliphatic carbocycles. The summed E-state index contributed by atoms with van der Waals surface area (Å²) in [6.45, 7) is 7.72. The molecule has 2 fully saturated rings. The van der Waals surface area contributed by atoms with Crippen LogP contribution < -0.4 is 4.74 Å². The number of likely N-dealkylation sites (N-methyl/N-ethyl adjacent to an activating group) is 1. The first-order chi connectivity index (χ1) is 14.1. The van der Waals surface area contributed by atoms with Crippen LogP contribution in [0.2, 0.25) is 0 Å². The van der Waals surface area contributed by atoms with Crippen LogP contribution in [0.5, 0.6) is 5.75 Å². The van der Waals surface area contributed by atoms with Crippen LogP contribution in [0.1, 0.15) is 38.2 Å². The molecule has 2 saturated heterocycles. The van der Waals surface area contributed by atoms with Gasteiger partial charge in [-0.3, -0.25) is 9.59 Å². The standard InChI is InChI=1S/C23H35N3O3/c1-3-25(23(28)18-26-13-6-10-22(26)27)17-20-8-5-12-24(16-20)14-11-19-7-4-9-21(15-19)29-2/h4,7,9,15,20H,3,5-6,8,10-14,16-18H2,1-2H3. The third kappa shape index (κ3) is 6.20. The number of amides is 2. The third-order valence-electron chi connectivity index (χ3n) is 6.16. The minimum absolute atomic E-state index is 0.0938. The van der Waals surface area contributed by atoms with Gasteiger partial charge in [0.05, 0.1) is 13.7 Å². The van der Waals surface area contributed by atoms with E-state index < -0.39 is 0 Å². The van der Waals surface area contributed by atoms with Gasteiger partial charge in [0.2, 0.25) is 11.8 Å². The van der Waals surface area contributed by atoms with Gasteiger partial charge in [-0.2, -0.15) is 0 Å². The number of carbonyl (C=O) groups is 2. The van der Waals surface area contributed by atoms with E-state index in [2.05, 4.69) is 17.0 Å². The van der Waals surface area contributed by atoms with Gasteiger partial charge in [0.1, 0.15) is 5.75 Å². The molecule has 2 amide bonds. The smallest absolute Gasteiger partial charge is 0.242 e. The van der Waals surface area contributed by atoms with Crippen molar-refractivity contribution in [2.45, 2.75) is 39.0 Å². The second kappa shape index (κ2) is 10.6. The highest BCUT2D eigenvalue weighted by Gasteiger charge is 2.27. The van der Waals surface area contributed by atoms with Crippen molar-refractivity contribution >= 4 is 11.8 Å². The fraction of sp³-hybridized carbons (Fsp3) is 0.652.